The van der Waals surface area contributed by atoms with Crippen LogP contribution in [0.4, 0.5) is 10.2 Å². The molecule has 0 bridgehead atoms. The van der Waals surface area contributed by atoms with Crippen molar-refractivity contribution in [3.05, 3.63) is 69.6 Å². The van der Waals surface area contributed by atoms with Crippen LogP contribution >= 0.6 is 11.8 Å². The van der Waals surface area contributed by atoms with Crippen molar-refractivity contribution in [1.82, 2.24) is 9.88 Å². The molecular weight excluding hydrogens is 471 g/mol. The Balaban J connectivity index is 1.52. The van der Waals surface area contributed by atoms with Gasteiger partial charge in [-0.2, -0.15) is 0 Å². The third-order valence-electron chi connectivity index (χ3n) is 6.25. The van der Waals surface area contributed by atoms with Crippen LogP contribution in [0.5, 0.6) is 0 Å². The van der Waals surface area contributed by atoms with Gasteiger partial charge < -0.3 is 25.8 Å². The van der Waals surface area contributed by atoms with E-state index in [9.17, 15) is 19.1 Å². The lowest BCUT2D eigenvalue weighted by Gasteiger charge is -2.20. The molecule has 4 N–H and O–H groups in total. The second kappa shape index (κ2) is 9.96. The molecule has 2 aromatic rings. The molecule has 1 fully saturated rings. The second-order valence-corrected chi connectivity index (χ2v) is 10.4. The molecule has 0 saturated carbocycles. The number of pyridine rings is 1. The maximum atomic E-state index is 14.9. The summed E-state index contributed by atoms with van der Waals surface area (Å²) in [5.74, 6) is -0.870. The normalized spacial score (nSPS) is 20.4. The number of methoxy groups -OCH3 is 1. The largest absolute Gasteiger partial charge is 0.386 e. The summed E-state index contributed by atoms with van der Waals surface area (Å²) in [7, 11) is 1.63. The van der Waals surface area contributed by atoms with E-state index in [4.69, 9.17) is 10.5 Å². The number of carbonyl (C=O) groups excluding carboxylic acids is 2. The molecule has 10 heteroatoms. The number of carbonyl (C=O) groups is 2. The van der Waals surface area contributed by atoms with Gasteiger partial charge in [0.05, 0.1) is 16.7 Å². The van der Waals surface area contributed by atoms with E-state index in [1.54, 1.807) is 56.2 Å². The van der Waals surface area contributed by atoms with Crippen LogP contribution in [0.1, 0.15) is 53.6 Å². The lowest BCUT2D eigenvalue weighted by atomic mass is 9.95. The van der Waals surface area contributed by atoms with Crippen LogP contribution in [0.25, 0.3) is 0 Å². The summed E-state index contributed by atoms with van der Waals surface area (Å²) >= 11 is 1.28. The Hall–Kier alpha value is -2.95. The zero-order valence-electron chi connectivity index (χ0n) is 19.9. The fourth-order valence-electron chi connectivity index (χ4n) is 4.20. The molecule has 0 spiro atoms. The molecule has 0 aliphatic carbocycles. The van der Waals surface area contributed by atoms with Crippen molar-refractivity contribution in [3.8, 4) is 0 Å². The highest BCUT2D eigenvalue weighted by molar-refractivity contribution is 8.03. The highest BCUT2D eigenvalue weighted by atomic mass is 32.2. The number of halogens is 1. The number of thioether (sulfide) groups is 1. The number of nitrogens with zero attached hydrogens (tertiary/aromatic N) is 2. The van der Waals surface area contributed by atoms with Gasteiger partial charge in [-0.1, -0.05) is 30.0 Å². The Labute approximate surface area is 207 Å². The number of likely N-dealkylation sites (tertiary alicyclic amines) is 1. The predicted octanol–water partition coefficient (Wildman–Crippen LogP) is 3.30. The van der Waals surface area contributed by atoms with Gasteiger partial charge in [0.1, 0.15) is 17.3 Å². The third-order valence-corrected chi connectivity index (χ3v) is 7.54. The topological polar surface area (TPSA) is 118 Å². The molecule has 35 heavy (non-hydrogen) atoms. The van der Waals surface area contributed by atoms with Gasteiger partial charge in [-0.15, -0.1) is 0 Å². The van der Waals surface area contributed by atoms with E-state index < -0.39 is 17.3 Å². The molecule has 186 valence electrons. The second-order valence-electron chi connectivity index (χ2n) is 9.21. The van der Waals surface area contributed by atoms with E-state index in [0.717, 1.165) is 6.42 Å². The number of anilines is 1. The third kappa shape index (κ3) is 5.50. The molecule has 0 radical (unpaired) electrons. The lowest BCUT2D eigenvalue weighted by molar-refractivity contribution is -0.114. The average molecular weight is 501 g/mol. The smallest absolute Gasteiger partial charge is 0.272 e. The van der Waals surface area contributed by atoms with Gasteiger partial charge in [0.15, 0.2) is 0 Å². The van der Waals surface area contributed by atoms with Crippen molar-refractivity contribution in [2.75, 3.05) is 25.5 Å². The van der Waals surface area contributed by atoms with Crippen LogP contribution in [0.2, 0.25) is 0 Å². The van der Waals surface area contributed by atoms with Gasteiger partial charge in [0, 0.05) is 36.6 Å². The number of rotatable bonds is 7. The highest BCUT2D eigenvalue weighted by Gasteiger charge is 2.32. The number of benzene rings is 1. The number of ether oxygens (including phenoxy) is 1. The first kappa shape index (κ1) is 25.2. The summed E-state index contributed by atoms with van der Waals surface area (Å²) < 4.78 is 20.2. The van der Waals surface area contributed by atoms with E-state index >= 15 is 0 Å². The fraction of sp³-hybridized carbons (Fsp3) is 0.400. The number of hydrogen-bond donors (Lipinski definition) is 3. The Kier molecular flexibility index (Phi) is 7.16. The zero-order chi connectivity index (χ0) is 25.3. The molecule has 3 heterocycles. The number of aromatic nitrogens is 1. The van der Waals surface area contributed by atoms with E-state index in [1.165, 1.54) is 17.8 Å². The minimum atomic E-state index is -1.17. The minimum Gasteiger partial charge on any atom is -0.386 e. The van der Waals surface area contributed by atoms with Gasteiger partial charge in [-0.25, -0.2) is 9.37 Å². The van der Waals surface area contributed by atoms with Crippen LogP contribution in [0.15, 0.2) is 47.0 Å². The summed E-state index contributed by atoms with van der Waals surface area (Å²) in [5.41, 5.74) is 5.94. The van der Waals surface area contributed by atoms with Crippen molar-refractivity contribution >= 4 is 29.4 Å². The molecule has 2 aliphatic rings. The number of hydrogen-bond acceptors (Lipinski definition) is 7. The van der Waals surface area contributed by atoms with Gasteiger partial charge in [-0.05, 0) is 50.5 Å². The molecule has 1 aromatic heterocycles. The number of amides is 2. The number of aliphatic hydroxyl groups is 1. The van der Waals surface area contributed by atoms with Crippen molar-refractivity contribution < 1.29 is 23.8 Å². The lowest BCUT2D eigenvalue weighted by Crippen LogP contribution is -2.30. The number of primary amides is 1. The average Bonchev–Trinajstić information content (AvgIpc) is 3.45. The standard InChI is InChI=1S/C25H29FN4O4S/c1-25(2,33)14-7-8-16(18(26)11-14)20-12-17(22(27)31)23(35-20)29-21-6-4-5-19(28-21)24(32)30-10-9-15(13-30)34-3/h4-8,11,15,20,33H,9-10,12-13H2,1-3H3,(H2,27,31)(H,28,29)/t15-,20?/m1/s1. The van der Waals surface area contributed by atoms with Crippen molar-refractivity contribution in [2.24, 2.45) is 5.73 Å². The number of nitrogens with one attached hydrogen (secondary N) is 1. The quantitative estimate of drug-likeness (QED) is 0.534. The van der Waals surface area contributed by atoms with Crippen LogP contribution in [-0.2, 0) is 15.1 Å². The van der Waals surface area contributed by atoms with Gasteiger partial charge in [-0.3, -0.25) is 9.59 Å². The first-order chi connectivity index (χ1) is 16.6. The molecule has 8 nitrogen and oxygen atoms in total. The predicted molar refractivity (Wildman–Crippen MR) is 132 cm³/mol. The molecule has 2 amide bonds. The SMILES string of the molecule is CO[C@@H]1CCN(C(=O)c2cccc(NC3=C(C(N)=O)CC(c4ccc(C(C)(C)O)cc4F)S3)n2)C1. The molecule has 2 atom stereocenters. The van der Waals surface area contributed by atoms with E-state index in [0.29, 0.717) is 40.6 Å². The summed E-state index contributed by atoms with van der Waals surface area (Å²) in [4.78, 5) is 31.2. The monoisotopic (exact) mass is 500 g/mol. The Morgan fingerprint density at radius 1 is 1.31 bits per heavy atom. The van der Waals surface area contributed by atoms with Crippen LogP contribution in [0, 0.1) is 5.82 Å². The molecule has 1 saturated heterocycles. The highest BCUT2D eigenvalue weighted by Crippen LogP contribution is 2.48. The summed E-state index contributed by atoms with van der Waals surface area (Å²) in [6.07, 6.45) is 1.04. The van der Waals surface area contributed by atoms with Crippen molar-refractivity contribution in [1.29, 1.82) is 0 Å². The van der Waals surface area contributed by atoms with Crippen LogP contribution in [0.3, 0.4) is 0 Å². The Morgan fingerprint density at radius 3 is 2.71 bits per heavy atom. The minimum absolute atomic E-state index is 0.0215. The maximum absolute atomic E-state index is 14.9. The Bertz CT molecular complexity index is 1180. The fourth-order valence-corrected chi connectivity index (χ4v) is 5.54. The first-order valence-electron chi connectivity index (χ1n) is 11.3. The molecule has 4 rings (SSSR count). The Morgan fingerprint density at radius 2 is 2.09 bits per heavy atom. The van der Waals surface area contributed by atoms with E-state index in [-0.39, 0.29) is 29.4 Å². The number of nitrogens with two attached hydrogens (primary N) is 1. The first-order valence-corrected chi connectivity index (χ1v) is 12.2. The molecular formula is C25H29FN4O4S. The van der Waals surface area contributed by atoms with Crippen LogP contribution < -0.4 is 11.1 Å². The van der Waals surface area contributed by atoms with Gasteiger partial charge in [0.25, 0.3) is 5.91 Å². The van der Waals surface area contributed by atoms with Gasteiger partial charge in [0.2, 0.25) is 5.91 Å². The summed E-state index contributed by atoms with van der Waals surface area (Å²) in [6, 6.07) is 9.66. The van der Waals surface area contributed by atoms with Gasteiger partial charge >= 0.3 is 0 Å². The maximum Gasteiger partial charge on any atom is 0.272 e. The molecule has 1 unspecified atom stereocenters. The van der Waals surface area contributed by atoms with Crippen molar-refractivity contribution in [2.45, 2.75) is 43.6 Å². The van der Waals surface area contributed by atoms with Crippen LogP contribution in [-0.4, -0.2) is 53.1 Å². The summed E-state index contributed by atoms with van der Waals surface area (Å²) in [6.45, 7) is 4.29. The van der Waals surface area contributed by atoms with Crippen molar-refractivity contribution in [3.63, 3.8) is 0 Å². The molecule has 2 aliphatic heterocycles. The van der Waals surface area contributed by atoms with E-state index in [2.05, 4.69) is 10.3 Å². The molecule has 1 aromatic carbocycles. The zero-order valence-corrected chi connectivity index (χ0v) is 20.7. The summed E-state index contributed by atoms with van der Waals surface area (Å²) in [5, 5.41) is 13.4. The van der Waals surface area contributed by atoms with E-state index in [1.807, 2.05) is 0 Å².